The number of hydrogen-bond acceptors (Lipinski definition) is 3. The second-order valence-corrected chi connectivity index (χ2v) is 6.32. The summed E-state index contributed by atoms with van der Waals surface area (Å²) in [5.74, 6) is 0.0657. The highest BCUT2D eigenvalue weighted by Gasteiger charge is 2.17. The van der Waals surface area contributed by atoms with Gasteiger partial charge in [-0.2, -0.15) is 0 Å². The lowest BCUT2D eigenvalue weighted by Crippen LogP contribution is -2.24. The minimum Gasteiger partial charge on any atom is -0.497 e. The number of benzene rings is 2. The molecule has 0 unspecified atom stereocenters. The lowest BCUT2D eigenvalue weighted by molar-refractivity contribution is 0.414. The molecule has 0 saturated heterocycles. The van der Waals surface area contributed by atoms with Crippen LogP contribution < -0.4 is 9.46 Å². The SMILES string of the molecule is COc1cccc(CNS(=O)(=O)c2cc(F)ccc2C)c1. The first-order chi connectivity index (χ1) is 9.92. The third-order valence-electron chi connectivity index (χ3n) is 3.04. The maximum Gasteiger partial charge on any atom is 0.241 e. The number of halogens is 1. The summed E-state index contributed by atoms with van der Waals surface area (Å²) in [4.78, 5) is -0.0506. The quantitative estimate of drug-likeness (QED) is 0.923. The van der Waals surface area contributed by atoms with E-state index < -0.39 is 15.8 Å². The Morgan fingerprint density at radius 2 is 1.95 bits per heavy atom. The van der Waals surface area contributed by atoms with Crippen LogP contribution in [0.1, 0.15) is 11.1 Å². The molecule has 0 radical (unpaired) electrons. The predicted octanol–water partition coefficient (Wildman–Crippen LogP) is 2.62. The van der Waals surface area contributed by atoms with E-state index >= 15 is 0 Å². The Morgan fingerprint density at radius 1 is 1.19 bits per heavy atom. The molecular weight excluding hydrogens is 293 g/mol. The highest BCUT2D eigenvalue weighted by molar-refractivity contribution is 7.89. The smallest absolute Gasteiger partial charge is 0.241 e. The summed E-state index contributed by atoms with van der Waals surface area (Å²) in [6, 6.07) is 10.8. The molecule has 112 valence electrons. The first kappa shape index (κ1) is 15.5. The van der Waals surface area contributed by atoms with Crippen molar-refractivity contribution in [2.75, 3.05) is 7.11 Å². The van der Waals surface area contributed by atoms with E-state index in [2.05, 4.69) is 4.72 Å². The summed E-state index contributed by atoms with van der Waals surface area (Å²) in [6.45, 7) is 1.73. The van der Waals surface area contributed by atoms with Crippen molar-refractivity contribution in [1.29, 1.82) is 0 Å². The maximum absolute atomic E-state index is 13.2. The molecule has 0 aliphatic heterocycles. The van der Waals surface area contributed by atoms with Gasteiger partial charge in [-0.3, -0.25) is 0 Å². The van der Waals surface area contributed by atoms with Crippen LogP contribution in [0.25, 0.3) is 0 Å². The van der Waals surface area contributed by atoms with Gasteiger partial charge in [-0.15, -0.1) is 0 Å². The summed E-state index contributed by atoms with van der Waals surface area (Å²) >= 11 is 0. The van der Waals surface area contributed by atoms with Gasteiger partial charge in [0.15, 0.2) is 0 Å². The summed E-state index contributed by atoms with van der Waals surface area (Å²) in [7, 11) is -2.22. The normalized spacial score (nSPS) is 11.4. The molecule has 0 bridgehead atoms. The van der Waals surface area contributed by atoms with Gasteiger partial charge < -0.3 is 4.74 Å². The fourth-order valence-electron chi connectivity index (χ4n) is 1.90. The molecule has 21 heavy (non-hydrogen) atoms. The minimum absolute atomic E-state index is 0.0506. The molecule has 0 spiro atoms. The van der Waals surface area contributed by atoms with E-state index in [1.54, 1.807) is 38.3 Å². The van der Waals surface area contributed by atoms with E-state index in [1.165, 1.54) is 12.1 Å². The molecule has 2 aromatic carbocycles. The largest absolute Gasteiger partial charge is 0.497 e. The molecule has 0 amide bonds. The maximum atomic E-state index is 13.2. The van der Waals surface area contributed by atoms with Gasteiger partial charge in [-0.25, -0.2) is 17.5 Å². The van der Waals surface area contributed by atoms with Crippen LogP contribution in [0.5, 0.6) is 5.75 Å². The summed E-state index contributed by atoms with van der Waals surface area (Å²) < 4.78 is 45.2. The average molecular weight is 309 g/mol. The number of ether oxygens (including phenoxy) is 1. The molecule has 0 aromatic heterocycles. The molecule has 1 N–H and O–H groups in total. The van der Waals surface area contributed by atoms with Crippen LogP contribution in [0.4, 0.5) is 4.39 Å². The summed E-state index contributed by atoms with van der Waals surface area (Å²) in [5, 5.41) is 0. The zero-order chi connectivity index (χ0) is 15.5. The van der Waals surface area contributed by atoms with Crippen molar-refractivity contribution in [1.82, 2.24) is 4.72 Å². The number of rotatable bonds is 5. The minimum atomic E-state index is -3.76. The number of nitrogens with one attached hydrogen (secondary N) is 1. The topological polar surface area (TPSA) is 55.4 Å². The Balaban J connectivity index is 2.19. The molecule has 0 heterocycles. The van der Waals surface area contributed by atoms with Gasteiger partial charge in [0, 0.05) is 6.54 Å². The van der Waals surface area contributed by atoms with E-state index in [0.29, 0.717) is 11.3 Å². The molecule has 0 aliphatic carbocycles. The Kier molecular flexibility index (Phi) is 4.59. The van der Waals surface area contributed by atoms with E-state index in [0.717, 1.165) is 11.6 Å². The Hall–Kier alpha value is -1.92. The third kappa shape index (κ3) is 3.80. The van der Waals surface area contributed by atoms with Crippen molar-refractivity contribution in [3.63, 3.8) is 0 Å². The third-order valence-corrected chi connectivity index (χ3v) is 4.58. The average Bonchev–Trinajstić information content (AvgIpc) is 2.48. The zero-order valence-electron chi connectivity index (χ0n) is 11.8. The lowest BCUT2D eigenvalue weighted by Gasteiger charge is -2.10. The molecule has 0 atom stereocenters. The highest BCUT2D eigenvalue weighted by Crippen LogP contribution is 2.17. The van der Waals surface area contributed by atoms with Crippen LogP contribution in [0.2, 0.25) is 0 Å². The molecule has 0 aliphatic rings. The zero-order valence-corrected chi connectivity index (χ0v) is 12.6. The van der Waals surface area contributed by atoms with Crippen LogP contribution >= 0.6 is 0 Å². The molecule has 2 rings (SSSR count). The summed E-state index contributed by atoms with van der Waals surface area (Å²) in [6.07, 6.45) is 0. The van der Waals surface area contributed by atoms with Crippen LogP contribution in [0.15, 0.2) is 47.4 Å². The fourth-order valence-corrected chi connectivity index (χ4v) is 3.17. The van der Waals surface area contributed by atoms with Crippen molar-refractivity contribution in [2.24, 2.45) is 0 Å². The number of aryl methyl sites for hydroxylation is 1. The van der Waals surface area contributed by atoms with E-state index in [4.69, 9.17) is 4.74 Å². The second kappa shape index (κ2) is 6.24. The Morgan fingerprint density at radius 3 is 2.67 bits per heavy atom. The molecule has 0 saturated carbocycles. The van der Waals surface area contributed by atoms with Crippen molar-refractivity contribution < 1.29 is 17.5 Å². The highest BCUT2D eigenvalue weighted by atomic mass is 32.2. The van der Waals surface area contributed by atoms with Crippen molar-refractivity contribution in [2.45, 2.75) is 18.4 Å². The number of methoxy groups -OCH3 is 1. The van der Waals surface area contributed by atoms with Gasteiger partial charge in [0.25, 0.3) is 0 Å². The molecular formula is C15H16FNO3S. The first-order valence-corrected chi connectivity index (χ1v) is 7.79. The van der Waals surface area contributed by atoms with Gasteiger partial charge in [-0.1, -0.05) is 18.2 Å². The molecule has 6 heteroatoms. The lowest BCUT2D eigenvalue weighted by atomic mass is 10.2. The monoisotopic (exact) mass is 309 g/mol. The molecule has 4 nitrogen and oxygen atoms in total. The summed E-state index contributed by atoms with van der Waals surface area (Å²) in [5.41, 5.74) is 1.25. The van der Waals surface area contributed by atoms with E-state index in [9.17, 15) is 12.8 Å². The van der Waals surface area contributed by atoms with Crippen LogP contribution in [0.3, 0.4) is 0 Å². The van der Waals surface area contributed by atoms with E-state index in [1.807, 2.05) is 0 Å². The van der Waals surface area contributed by atoms with Gasteiger partial charge in [-0.05, 0) is 42.3 Å². The number of hydrogen-bond donors (Lipinski definition) is 1. The number of sulfonamides is 1. The van der Waals surface area contributed by atoms with Gasteiger partial charge in [0.2, 0.25) is 10.0 Å². The first-order valence-electron chi connectivity index (χ1n) is 6.31. The van der Waals surface area contributed by atoms with Crippen molar-refractivity contribution in [3.05, 3.63) is 59.4 Å². The fraction of sp³-hybridized carbons (Fsp3) is 0.200. The van der Waals surface area contributed by atoms with Crippen LogP contribution in [-0.4, -0.2) is 15.5 Å². The van der Waals surface area contributed by atoms with Crippen molar-refractivity contribution in [3.8, 4) is 5.75 Å². The van der Waals surface area contributed by atoms with Gasteiger partial charge in [0.05, 0.1) is 12.0 Å². The van der Waals surface area contributed by atoms with Gasteiger partial charge in [0.1, 0.15) is 11.6 Å². The molecule has 2 aromatic rings. The standard InChI is InChI=1S/C15H16FNO3S/c1-11-6-7-13(16)9-15(11)21(18,19)17-10-12-4-3-5-14(8-12)20-2/h3-9,17H,10H2,1-2H3. The predicted molar refractivity (Wildman–Crippen MR) is 78.2 cm³/mol. The van der Waals surface area contributed by atoms with E-state index in [-0.39, 0.29) is 11.4 Å². The Labute approximate surface area is 123 Å². The van der Waals surface area contributed by atoms with Crippen LogP contribution in [-0.2, 0) is 16.6 Å². The van der Waals surface area contributed by atoms with Crippen molar-refractivity contribution >= 4 is 10.0 Å². The molecule has 0 fully saturated rings. The second-order valence-electron chi connectivity index (χ2n) is 4.59. The Bertz CT molecular complexity index is 744. The van der Waals surface area contributed by atoms with Gasteiger partial charge >= 0.3 is 0 Å². The van der Waals surface area contributed by atoms with Crippen LogP contribution in [0, 0.1) is 12.7 Å².